The van der Waals surface area contributed by atoms with Crippen LogP contribution >= 0.6 is 0 Å². The van der Waals surface area contributed by atoms with E-state index in [9.17, 15) is 4.79 Å². The van der Waals surface area contributed by atoms with Crippen LogP contribution in [0.4, 0.5) is 5.82 Å². The van der Waals surface area contributed by atoms with E-state index >= 15 is 0 Å². The van der Waals surface area contributed by atoms with E-state index in [1.165, 1.54) is 0 Å². The summed E-state index contributed by atoms with van der Waals surface area (Å²) in [5.41, 5.74) is 1.37. The van der Waals surface area contributed by atoms with E-state index in [1.54, 1.807) is 36.4 Å². The van der Waals surface area contributed by atoms with E-state index in [2.05, 4.69) is 20.4 Å². The normalized spacial score (nSPS) is 18.2. The summed E-state index contributed by atoms with van der Waals surface area (Å²) in [6.07, 6.45) is 5.98. The van der Waals surface area contributed by atoms with E-state index in [-0.39, 0.29) is 11.8 Å². The van der Waals surface area contributed by atoms with Gasteiger partial charge in [0.1, 0.15) is 11.5 Å². The molecule has 1 N–H and O–H groups in total. The van der Waals surface area contributed by atoms with Gasteiger partial charge >= 0.3 is 0 Å². The van der Waals surface area contributed by atoms with Gasteiger partial charge in [0.15, 0.2) is 0 Å². The number of hydrogen-bond donors (Lipinski definition) is 1. The van der Waals surface area contributed by atoms with Crippen LogP contribution in [0.3, 0.4) is 0 Å². The van der Waals surface area contributed by atoms with Crippen molar-refractivity contribution in [2.75, 3.05) is 38.7 Å². The molecule has 8 nitrogen and oxygen atoms in total. The minimum atomic E-state index is -0.0530. The Morgan fingerprint density at radius 3 is 2.96 bits per heavy atom. The summed E-state index contributed by atoms with van der Waals surface area (Å²) >= 11 is 0. The highest BCUT2D eigenvalue weighted by Crippen LogP contribution is 2.15. The maximum absolute atomic E-state index is 12.6. The molecule has 0 spiro atoms. The number of anilines is 1. The third-order valence-corrected chi connectivity index (χ3v) is 4.02. The topological polar surface area (TPSA) is 85.2 Å². The average molecular weight is 330 g/mol. The summed E-state index contributed by atoms with van der Waals surface area (Å²) < 4.78 is 7.30. The third-order valence-electron chi connectivity index (χ3n) is 4.02. The quantitative estimate of drug-likeness (QED) is 0.883. The second-order valence-corrected chi connectivity index (χ2v) is 5.91. The summed E-state index contributed by atoms with van der Waals surface area (Å²) in [6.45, 7) is 2.36. The van der Waals surface area contributed by atoms with Crippen LogP contribution in [-0.4, -0.2) is 63.9 Å². The highest BCUT2D eigenvalue weighted by atomic mass is 16.5. The molecule has 0 aromatic carbocycles. The first kappa shape index (κ1) is 16.4. The standard InChI is InChI=1S/C16H22N6O2/c1-17-15-9-18-13(8-19-15)7-12-10-22(5-6-24-11-12)16(23)14-3-4-21(2)20-14/h3-4,8-9,12H,5-7,10-11H2,1-2H3,(H,17,19)/t12-/m0/s1. The first-order valence-corrected chi connectivity index (χ1v) is 8.01. The smallest absolute Gasteiger partial charge is 0.274 e. The maximum atomic E-state index is 12.6. The molecule has 1 fully saturated rings. The van der Waals surface area contributed by atoms with Crippen LogP contribution in [0.2, 0.25) is 0 Å². The molecule has 128 valence electrons. The fourth-order valence-electron chi connectivity index (χ4n) is 2.76. The van der Waals surface area contributed by atoms with Crippen molar-refractivity contribution in [2.24, 2.45) is 13.0 Å². The average Bonchev–Trinajstić information content (AvgIpc) is 2.90. The molecule has 3 rings (SSSR count). The van der Waals surface area contributed by atoms with Gasteiger partial charge in [-0.15, -0.1) is 0 Å². The Bertz CT molecular complexity index is 684. The lowest BCUT2D eigenvalue weighted by Crippen LogP contribution is -2.36. The van der Waals surface area contributed by atoms with Gasteiger partial charge in [0.05, 0.1) is 31.3 Å². The molecule has 0 saturated carbocycles. The summed E-state index contributed by atoms with van der Waals surface area (Å²) in [6, 6.07) is 1.74. The largest absolute Gasteiger partial charge is 0.379 e. The number of nitrogens with one attached hydrogen (secondary N) is 1. The molecule has 1 amide bonds. The molecule has 3 heterocycles. The molecular weight excluding hydrogens is 308 g/mol. The van der Waals surface area contributed by atoms with Gasteiger partial charge in [-0.05, 0) is 12.5 Å². The molecule has 1 aliphatic heterocycles. The number of nitrogens with zero attached hydrogens (tertiary/aromatic N) is 5. The summed E-state index contributed by atoms with van der Waals surface area (Å²) in [5, 5.41) is 7.15. The number of rotatable bonds is 4. The van der Waals surface area contributed by atoms with Crippen LogP contribution in [0.1, 0.15) is 16.2 Å². The van der Waals surface area contributed by atoms with Crippen LogP contribution < -0.4 is 5.32 Å². The first-order valence-electron chi connectivity index (χ1n) is 8.01. The highest BCUT2D eigenvalue weighted by Gasteiger charge is 2.25. The molecular formula is C16H22N6O2. The van der Waals surface area contributed by atoms with Crippen LogP contribution in [0.25, 0.3) is 0 Å². The van der Waals surface area contributed by atoms with Gasteiger partial charge in [-0.3, -0.25) is 14.5 Å². The minimum Gasteiger partial charge on any atom is -0.379 e. The second-order valence-electron chi connectivity index (χ2n) is 5.91. The SMILES string of the molecule is CNc1cnc(C[C@@H]2COCCN(C(=O)c3ccn(C)n3)C2)cn1. The number of carbonyl (C=O) groups excluding carboxylic acids is 1. The molecule has 0 unspecified atom stereocenters. The molecule has 1 saturated heterocycles. The number of ether oxygens (including phenoxy) is 1. The van der Waals surface area contributed by atoms with Crippen LogP contribution in [0.5, 0.6) is 0 Å². The Labute approximate surface area is 140 Å². The van der Waals surface area contributed by atoms with Crippen molar-refractivity contribution in [3.05, 3.63) is 36.0 Å². The monoisotopic (exact) mass is 330 g/mol. The van der Waals surface area contributed by atoms with Gasteiger partial charge in [-0.1, -0.05) is 0 Å². The lowest BCUT2D eigenvalue weighted by molar-refractivity contribution is 0.0730. The number of aromatic nitrogens is 4. The van der Waals surface area contributed by atoms with Crippen molar-refractivity contribution in [3.63, 3.8) is 0 Å². The zero-order valence-electron chi connectivity index (χ0n) is 14.0. The fourth-order valence-corrected chi connectivity index (χ4v) is 2.76. The van der Waals surface area contributed by atoms with Crippen LogP contribution in [0.15, 0.2) is 24.7 Å². The molecule has 0 radical (unpaired) electrons. The van der Waals surface area contributed by atoms with E-state index < -0.39 is 0 Å². The van der Waals surface area contributed by atoms with Gasteiger partial charge in [0, 0.05) is 39.3 Å². The predicted molar refractivity (Wildman–Crippen MR) is 88.7 cm³/mol. The van der Waals surface area contributed by atoms with E-state index in [4.69, 9.17) is 4.74 Å². The number of hydrogen-bond acceptors (Lipinski definition) is 6. The van der Waals surface area contributed by atoms with Gasteiger partial charge in [0.2, 0.25) is 0 Å². The zero-order chi connectivity index (χ0) is 16.9. The Morgan fingerprint density at radius 2 is 2.29 bits per heavy atom. The van der Waals surface area contributed by atoms with Crippen molar-refractivity contribution in [1.29, 1.82) is 0 Å². The van der Waals surface area contributed by atoms with Gasteiger partial charge in [-0.25, -0.2) is 4.98 Å². The summed E-state index contributed by atoms with van der Waals surface area (Å²) in [5.74, 6) is 0.875. The van der Waals surface area contributed by atoms with Crippen molar-refractivity contribution < 1.29 is 9.53 Å². The molecule has 8 heteroatoms. The van der Waals surface area contributed by atoms with E-state index in [0.29, 0.717) is 32.0 Å². The Balaban J connectivity index is 1.66. The Hall–Kier alpha value is -2.48. The van der Waals surface area contributed by atoms with Gasteiger partial charge < -0.3 is 15.0 Å². The Morgan fingerprint density at radius 1 is 1.42 bits per heavy atom. The molecule has 1 atom stereocenters. The Kier molecular flexibility index (Phi) is 5.05. The molecule has 0 aliphatic carbocycles. The van der Waals surface area contributed by atoms with Gasteiger partial charge in [0.25, 0.3) is 5.91 Å². The zero-order valence-corrected chi connectivity index (χ0v) is 14.0. The molecule has 24 heavy (non-hydrogen) atoms. The number of carbonyl (C=O) groups is 1. The molecule has 2 aromatic rings. The van der Waals surface area contributed by atoms with Crippen LogP contribution in [-0.2, 0) is 18.2 Å². The lowest BCUT2D eigenvalue weighted by Gasteiger charge is -2.22. The third kappa shape index (κ3) is 3.88. The van der Waals surface area contributed by atoms with Gasteiger partial charge in [-0.2, -0.15) is 5.10 Å². The second kappa shape index (κ2) is 7.39. The van der Waals surface area contributed by atoms with Crippen molar-refractivity contribution >= 4 is 11.7 Å². The van der Waals surface area contributed by atoms with E-state index in [0.717, 1.165) is 17.9 Å². The first-order chi connectivity index (χ1) is 11.7. The number of aryl methyl sites for hydroxylation is 1. The summed E-state index contributed by atoms with van der Waals surface area (Å²) in [4.78, 5) is 23.1. The molecule has 0 bridgehead atoms. The molecule has 2 aromatic heterocycles. The lowest BCUT2D eigenvalue weighted by atomic mass is 10.0. The predicted octanol–water partition coefficient (Wildman–Crippen LogP) is 0.583. The highest BCUT2D eigenvalue weighted by molar-refractivity contribution is 5.92. The maximum Gasteiger partial charge on any atom is 0.274 e. The number of amides is 1. The minimum absolute atomic E-state index is 0.0530. The fraction of sp³-hybridized carbons (Fsp3) is 0.500. The van der Waals surface area contributed by atoms with Crippen molar-refractivity contribution in [1.82, 2.24) is 24.6 Å². The van der Waals surface area contributed by atoms with Crippen LogP contribution in [0, 0.1) is 5.92 Å². The van der Waals surface area contributed by atoms with Crippen molar-refractivity contribution in [2.45, 2.75) is 6.42 Å². The van der Waals surface area contributed by atoms with Crippen molar-refractivity contribution in [3.8, 4) is 0 Å². The summed E-state index contributed by atoms with van der Waals surface area (Å²) in [7, 11) is 3.61. The molecule has 1 aliphatic rings. The van der Waals surface area contributed by atoms with E-state index in [1.807, 2.05) is 11.9 Å².